The predicted octanol–water partition coefficient (Wildman–Crippen LogP) is 2.66. The van der Waals surface area contributed by atoms with Crippen molar-refractivity contribution in [2.75, 3.05) is 18.0 Å². The lowest BCUT2D eigenvalue weighted by Crippen LogP contribution is -2.27. The number of aromatic hydroxyl groups is 1. The van der Waals surface area contributed by atoms with Crippen molar-refractivity contribution in [3.63, 3.8) is 0 Å². The van der Waals surface area contributed by atoms with Gasteiger partial charge in [0.05, 0.1) is 6.54 Å². The van der Waals surface area contributed by atoms with Gasteiger partial charge in [0.15, 0.2) is 0 Å². The zero-order valence-electron chi connectivity index (χ0n) is 9.95. The summed E-state index contributed by atoms with van der Waals surface area (Å²) in [6, 6.07) is 17.4. The Bertz CT molecular complexity index is 561. The van der Waals surface area contributed by atoms with Crippen LogP contribution in [0.1, 0.15) is 5.56 Å². The number of rotatable bonds is 2. The molecule has 0 aliphatic carbocycles. The molecule has 0 saturated heterocycles. The fraction of sp³-hybridized carbons (Fsp3) is 0.133. The smallest absolute Gasteiger partial charge is 0.135 e. The topological polar surface area (TPSA) is 35.8 Å². The van der Waals surface area contributed by atoms with Crippen molar-refractivity contribution in [1.82, 2.24) is 0 Å². The molecule has 0 saturated carbocycles. The number of phenolic OH excluding ortho intramolecular Hbond substituents is 1. The fourth-order valence-corrected chi connectivity index (χ4v) is 2.17. The molecule has 1 heterocycles. The van der Waals surface area contributed by atoms with E-state index in [0.717, 1.165) is 30.2 Å². The average Bonchev–Trinajstić information content (AvgIpc) is 2.90. The average molecular weight is 238 g/mol. The highest BCUT2D eigenvalue weighted by Gasteiger charge is 2.19. The summed E-state index contributed by atoms with van der Waals surface area (Å²) in [6.07, 6.45) is 0. The molecule has 1 N–H and O–H groups in total. The minimum Gasteiger partial charge on any atom is -0.508 e. The number of nitrogens with zero attached hydrogens (tertiary/aromatic N) is 2. The lowest BCUT2D eigenvalue weighted by Gasteiger charge is -2.20. The van der Waals surface area contributed by atoms with E-state index in [0.29, 0.717) is 0 Å². The van der Waals surface area contributed by atoms with Crippen LogP contribution in [0.3, 0.4) is 0 Å². The molecule has 0 fully saturated rings. The molecule has 0 amide bonds. The number of hydrogen-bond acceptors (Lipinski definition) is 3. The van der Waals surface area contributed by atoms with Gasteiger partial charge >= 0.3 is 0 Å². The van der Waals surface area contributed by atoms with Crippen molar-refractivity contribution >= 4 is 11.5 Å². The summed E-state index contributed by atoms with van der Waals surface area (Å²) in [6.45, 7) is 1.69. The largest absolute Gasteiger partial charge is 0.508 e. The number of amidine groups is 1. The number of phenols is 1. The first-order valence-corrected chi connectivity index (χ1v) is 6.01. The Hall–Kier alpha value is -2.29. The summed E-state index contributed by atoms with van der Waals surface area (Å²) in [5, 5.41) is 9.33. The van der Waals surface area contributed by atoms with Crippen LogP contribution in [0, 0.1) is 0 Å². The second-order valence-electron chi connectivity index (χ2n) is 4.24. The normalized spacial score (nSPS) is 14.7. The van der Waals surface area contributed by atoms with Gasteiger partial charge in [0.2, 0.25) is 0 Å². The SMILES string of the molecule is Oc1ccc(N2CCN=C2c2ccccc2)cc1. The maximum absolute atomic E-state index is 9.33. The van der Waals surface area contributed by atoms with E-state index in [9.17, 15) is 5.11 Å². The third kappa shape index (κ3) is 1.95. The highest BCUT2D eigenvalue weighted by molar-refractivity contribution is 6.11. The van der Waals surface area contributed by atoms with E-state index in [4.69, 9.17) is 0 Å². The van der Waals surface area contributed by atoms with E-state index in [1.807, 2.05) is 30.3 Å². The molecule has 0 bridgehead atoms. The first-order chi connectivity index (χ1) is 8.84. The Labute approximate surface area is 106 Å². The van der Waals surface area contributed by atoms with E-state index >= 15 is 0 Å². The Kier molecular flexibility index (Phi) is 2.73. The van der Waals surface area contributed by atoms with Crippen LogP contribution >= 0.6 is 0 Å². The third-order valence-corrected chi connectivity index (χ3v) is 3.03. The predicted molar refractivity (Wildman–Crippen MR) is 73.3 cm³/mol. The van der Waals surface area contributed by atoms with Crippen molar-refractivity contribution < 1.29 is 5.11 Å². The van der Waals surface area contributed by atoms with Gasteiger partial charge < -0.3 is 10.0 Å². The van der Waals surface area contributed by atoms with Gasteiger partial charge in [-0.05, 0) is 24.3 Å². The van der Waals surface area contributed by atoms with Crippen LogP contribution in [0.25, 0.3) is 0 Å². The van der Waals surface area contributed by atoms with E-state index in [-0.39, 0.29) is 5.75 Å². The van der Waals surface area contributed by atoms with E-state index in [1.54, 1.807) is 12.1 Å². The van der Waals surface area contributed by atoms with Gasteiger partial charge in [-0.1, -0.05) is 30.3 Å². The number of hydrogen-bond donors (Lipinski definition) is 1. The van der Waals surface area contributed by atoms with Crippen molar-refractivity contribution in [2.24, 2.45) is 4.99 Å². The van der Waals surface area contributed by atoms with Crippen LogP contribution in [-0.4, -0.2) is 24.0 Å². The maximum atomic E-state index is 9.33. The maximum Gasteiger partial charge on any atom is 0.135 e. The zero-order valence-corrected chi connectivity index (χ0v) is 9.95. The zero-order chi connectivity index (χ0) is 12.4. The molecular weight excluding hydrogens is 224 g/mol. The summed E-state index contributed by atoms with van der Waals surface area (Å²) in [4.78, 5) is 6.74. The van der Waals surface area contributed by atoms with Gasteiger partial charge in [0.1, 0.15) is 11.6 Å². The van der Waals surface area contributed by atoms with Gasteiger partial charge in [-0.15, -0.1) is 0 Å². The molecule has 0 unspecified atom stereocenters. The second kappa shape index (κ2) is 4.53. The lowest BCUT2D eigenvalue weighted by molar-refractivity contribution is 0.475. The molecule has 0 radical (unpaired) electrons. The number of anilines is 1. The molecule has 3 heteroatoms. The van der Waals surface area contributed by atoms with Crippen LogP contribution in [0.15, 0.2) is 59.6 Å². The highest BCUT2D eigenvalue weighted by atomic mass is 16.3. The van der Waals surface area contributed by atoms with Crippen molar-refractivity contribution in [3.05, 3.63) is 60.2 Å². The Morgan fingerprint density at radius 1 is 0.944 bits per heavy atom. The molecule has 0 atom stereocenters. The minimum atomic E-state index is 0.288. The molecule has 0 aromatic heterocycles. The molecule has 1 aliphatic rings. The fourth-order valence-electron chi connectivity index (χ4n) is 2.17. The van der Waals surface area contributed by atoms with Crippen LogP contribution in [0.2, 0.25) is 0 Å². The third-order valence-electron chi connectivity index (χ3n) is 3.03. The van der Waals surface area contributed by atoms with Crippen LogP contribution in [-0.2, 0) is 0 Å². The van der Waals surface area contributed by atoms with Crippen LogP contribution in [0.4, 0.5) is 5.69 Å². The molecular formula is C15H14N2O. The van der Waals surface area contributed by atoms with Gasteiger partial charge in [0, 0.05) is 17.8 Å². The standard InChI is InChI=1S/C15H14N2O/c18-14-8-6-13(7-9-14)17-11-10-16-15(17)12-4-2-1-3-5-12/h1-9,18H,10-11H2. The van der Waals surface area contributed by atoms with Gasteiger partial charge in [0.25, 0.3) is 0 Å². The number of benzene rings is 2. The second-order valence-corrected chi connectivity index (χ2v) is 4.24. The van der Waals surface area contributed by atoms with Crippen LogP contribution in [0.5, 0.6) is 5.75 Å². The molecule has 18 heavy (non-hydrogen) atoms. The summed E-state index contributed by atoms with van der Waals surface area (Å²) in [7, 11) is 0. The highest BCUT2D eigenvalue weighted by Crippen LogP contribution is 2.23. The minimum absolute atomic E-state index is 0.288. The van der Waals surface area contributed by atoms with E-state index < -0.39 is 0 Å². The summed E-state index contributed by atoms with van der Waals surface area (Å²) in [5.74, 6) is 1.29. The van der Waals surface area contributed by atoms with E-state index in [1.165, 1.54) is 0 Å². The molecule has 0 spiro atoms. The molecule has 3 nitrogen and oxygen atoms in total. The molecule has 2 aromatic rings. The first-order valence-electron chi connectivity index (χ1n) is 6.01. The van der Waals surface area contributed by atoms with Gasteiger partial charge in [-0.3, -0.25) is 4.99 Å². The molecule has 3 rings (SSSR count). The van der Waals surface area contributed by atoms with Gasteiger partial charge in [-0.25, -0.2) is 0 Å². The molecule has 2 aromatic carbocycles. The number of aliphatic imine (C=N–C) groups is 1. The Balaban J connectivity index is 1.94. The van der Waals surface area contributed by atoms with Crippen molar-refractivity contribution in [3.8, 4) is 5.75 Å². The Morgan fingerprint density at radius 2 is 1.67 bits per heavy atom. The van der Waals surface area contributed by atoms with Crippen molar-refractivity contribution in [2.45, 2.75) is 0 Å². The van der Waals surface area contributed by atoms with Crippen molar-refractivity contribution in [1.29, 1.82) is 0 Å². The Morgan fingerprint density at radius 3 is 2.39 bits per heavy atom. The first kappa shape index (κ1) is 10.8. The monoisotopic (exact) mass is 238 g/mol. The lowest BCUT2D eigenvalue weighted by atomic mass is 10.2. The molecule has 1 aliphatic heterocycles. The van der Waals surface area contributed by atoms with E-state index in [2.05, 4.69) is 22.0 Å². The summed E-state index contributed by atoms with van der Waals surface area (Å²) < 4.78 is 0. The summed E-state index contributed by atoms with van der Waals surface area (Å²) >= 11 is 0. The summed E-state index contributed by atoms with van der Waals surface area (Å²) in [5.41, 5.74) is 2.19. The quantitative estimate of drug-likeness (QED) is 0.873. The van der Waals surface area contributed by atoms with Crippen LogP contribution < -0.4 is 4.90 Å². The van der Waals surface area contributed by atoms with Gasteiger partial charge in [-0.2, -0.15) is 0 Å². The molecule has 90 valence electrons.